The lowest BCUT2D eigenvalue weighted by Gasteiger charge is -2.21. The predicted octanol–water partition coefficient (Wildman–Crippen LogP) is 1.18. The summed E-state index contributed by atoms with van der Waals surface area (Å²) in [4.78, 5) is 4.51. The maximum atomic E-state index is 11.5. The number of hydrogen-bond acceptors (Lipinski definition) is 5. The van der Waals surface area contributed by atoms with E-state index in [0.29, 0.717) is 31.4 Å². The molecule has 2 N–H and O–H groups in total. The van der Waals surface area contributed by atoms with Gasteiger partial charge in [0, 0.05) is 45.6 Å². The summed E-state index contributed by atoms with van der Waals surface area (Å²) in [7, 11) is -2.87. The van der Waals surface area contributed by atoms with Crippen molar-refractivity contribution in [3.63, 3.8) is 0 Å². The van der Waals surface area contributed by atoms with Gasteiger partial charge in [-0.25, -0.2) is 8.42 Å². The van der Waals surface area contributed by atoms with E-state index in [4.69, 9.17) is 9.47 Å². The highest BCUT2D eigenvalue weighted by Gasteiger charge is 2.28. The molecule has 148 valence electrons. The summed E-state index contributed by atoms with van der Waals surface area (Å²) in [6, 6.07) is -0.0300. The Hall–Kier alpha value is -0.130. The van der Waals surface area contributed by atoms with E-state index in [-0.39, 0.29) is 41.5 Å². The molecule has 2 aliphatic rings. The number of halogens is 1. The normalized spacial score (nSPS) is 23.9. The summed E-state index contributed by atoms with van der Waals surface area (Å²) in [5, 5.41) is 6.39. The zero-order chi connectivity index (χ0) is 17.3. The summed E-state index contributed by atoms with van der Waals surface area (Å²) in [5.74, 6) is 1.80. The molecule has 1 unspecified atom stereocenters. The van der Waals surface area contributed by atoms with E-state index in [9.17, 15) is 8.42 Å². The molecule has 0 aromatic rings. The van der Waals surface area contributed by atoms with Crippen LogP contribution < -0.4 is 10.6 Å². The minimum absolute atomic E-state index is 0. The van der Waals surface area contributed by atoms with Crippen LogP contribution in [0.2, 0.25) is 0 Å². The molecule has 2 rings (SSSR count). The third-order valence-electron chi connectivity index (χ3n) is 4.33. The molecule has 2 saturated heterocycles. The SMILES string of the molecule is CCNC(=NCCCOCC1CCOCC1)NC1CCS(=O)(=O)C1.I. The van der Waals surface area contributed by atoms with Crippen LogP contribution in [0.4, 0.5) is 0 Å². The van der Waals surface area contributed by atoms with Gasteiger partial charge in [-0.15, -0.1) is 24.0 Å². The van der Waals surface area contributed by atoms with Gasteiger partial charge in [0.2, 0.25) is 0 Å². The van der Waals surface area contributed by atoms with E-state index in [2.05, 4.69) is 15.6 Å². The first-order valence-electron chi connectivity index (χ1n) is 9.00. The lowest BCUT2D eigenvalue weighted by molar-refractivity contribution is 0.0205. The van der Waals surface area contributed by atoms with Crippen molar-refractivity contribution < 1.29 is 17.9 Å². The van der Waals surface area contributed by atoms with Crippen LogP contribution in [0.3, 0.4) is 0 Å². The number of sulfone groups is 1. The maximum Gasteiger partial charge on any atom is 0.191 e. The number of hydrogen-bond donors (Lipinski definition) is 2. The van der Waals surface area contributed by atoms with Crippen molar-refractivity contribution in [2.24, 2.45) is 10.9 Å². The van der Waals surface area contributed by atoms with Gasteiger partial charge in [0.05, 0.1) is 11.5 Å². The molecule has 25 heavy (non-hydrogen) atoms. The van der Waals surface area contributed by atoms with Crippen molar-refractivity contribution >= 4 is 39.8 Å². The average Bonchev–Trinajstić information content (AvgIpc) is 2.90. The van der Waals surface area contributed by atoms with Gasteiger partial charge >= 0.3 is 0 Å². The largest absolute Gasteiger partial charge is 0.381 e. The molecule has 0 radical (unpaired) electrons. The van der Waals surface area contributed by atoms with E-state index in [1.54, 1.807) is 0 Å². The lowest BCUT2D eigenvalue weighted by atomic mass is 10.0. The molecular weight excluding hydrogens is 457 g/mol. The van der Waals surface area contributed by atoms with Crippen LogP contribution in [0.5, 0.6) is 0 Å². The Bertz CT molecular complexity index is 496. The van der Waals surface area contributed by atoms with Gasteiger partial charge in [0.15, 0.2) is 15.8 Å². The molecule has 0 amide bonds. The molecule has 0 spiro atoms. The highest BCUT2D eigenvalue weighted by Crippen LogP contribution is 2.14. The predicted molar refractivity (Wildman–Crippen MR) is 111 cm³/mol. The van der Waals surface area contributed by atoms with Crippen molar-refractivity contribution in [1.82, 2.24) is 10.6 Å². The second kappa shape index (κ2) is 12.3. The van der Waals surface area contributed by atoms with Crippen molar-refractivity contribution in [3.05, 3.63) is 0 Å². The zero-order valence-corrected chi connectivity index (χ0v) is 18.2. The van der Waals surface area contributed by atoms with Crippen LogP contribution in [0, 0.1) is 5.92 Å². The van der Waals surface area contributed by atoms with E-state index >= 15 is 0 Å². The molecule has 2 fully saturated rings. The molecule has 2 heterocycles. The highest BCUT2D eigenvalue weighted by molar-refractivity contribution is 14.0. The molecule has 2 aliphatic heterocycles. The topological polar surface area (TPSA) is 89.0 Å². The Balaban J connectivity index is 0.00000312. The van der Waals surface area contributed by atoms with Crippen LogP contribution in [0.25, 0.3) is 0 Å². The highest BCUT2D eigenvalue weighted by atomic mass is 127. The van der Waals surface area contributed by atoms with Crippen LogP contribution in [-0.2, 0) is 19.3 Å². The minimum Gasteiger partial charge on any atom is -0.381 e. The van der Waals surface area contributed by atoms with Crippen LogP contribution in [0.1, 0.15) is 32.6 Å². The van der Waals surface area contributed by atoms with Gasteiger partial charge in [-0.1, -0.05) is 0 Å². The smallest absolute Gasteiger partial charge is 0.191 e. The van der Waals surface area contributed by atoms with E-state index in [1.165, 1.54) is 0 Å². The van der Waals surface area contributed by atoms with Crippen molar-refractivity contribution in [1.29, 1.82) is 0 Å². The number of guanidine groups is 1. The number of rotatable bonds is 8. The Kier molecular flexibility index (Phi) is 11.3. The Morgan fingerprint density at radius 2 is 2.04 bits per heavy atom. The number of aliphatic imine (C=N–C) groups is 1. The van der Waals surface area contributed by atoms with E-state index in [1.807, 2.05) is 6.92 Å². The van der Waals surface area contributed by atoms with Gasteiger partial charge in [-0.3, -0.25) is 4.99 Å². The maximum absolute atomic E-state index is 11.5. The molecule has 9 heteroatoms. The quantitative estimate of drug-likeness (QED) is 0.231. The van der Waals surface area contributed by atoms with Gasteiger partial charge in [-0.2, -0.15) is 0 Å². The summed E-state index contributed by atoms with van der Waals surface area (Å²) in [6.07, 6.45) is 3.71. The molecular formula is C16H32IN3O4S. The van der Waals surface area contributed by atoms with Gasteiger partial charge in [0.1, 0.15) is 0 Å². The van der Waals surface area contributed by atoms with Gasteiger partial charge in [-0.05, 0) is 38.5 Å². The number of nitrogens with one attached hydrogen (secondary N) is 2. The van der Waals surface area contributed by atoms with Crippen molar-refractivity contribution in [2.45, 2.75) is 38.6 Å². The standard InChI is InChI=1S/C16H31N3O4S.HI/c1-2-17-16(19-15-6-11-24(20,21)13-15)18-7-3-8-23-12-14-4-9-22-10-5-14;/h14-15H,2-13H2,1H3,(H2,17,18,19);1H. The second-order valence-electron chi connectivity index (χ2n) is 6.49. The minimum atomic E-state index is -2.87. The first kappa shape index (κ1) is 22.9. The van der Waals surface area contributed by atoms with Crippen LogP contribution >= 0.6 is 24.0 Å². The van der Waals surface area contributed by atoms with Crippen LogP contribution in [0.15, 0.2) is 4.99 Å². The van der Waals surface area contributed by atoms with Gasteiger partial charge < -0.3 is 20.1 Å². The van der Waals surface area contributed by atoms with E-state index < -0.39 is 9.84 Å². The van der Waals surface area contributed by atoms with Crippen LogP contribution in [-0.4, -0.2) is 71.4 Å². The average molecular weight is 489 g/mol. The second-order valence-corrected chi connectivity index (χ2v) is 8.72. The third-order valence-corrected chi connectivity index (χ3v) is 6.10. The molecule has 0 aliphatic carbocycles. The monoisotopic (exact) mass is 489 g/mol. The number of nitrogens with zero attached hydrogens (tertiary/aromatic N) is 1. The zero-order valence-electron chi connectivity index (χ0n) is 15.0. The van der Waals surface area contributed by atoms with E-state index in [0.717, 1.165) is 45.6 Å². The molecule has 7 nitrogen and oxygen atoms in total. The molecule has 0 saturated carbocycles. The fourth-order valence-electron chi connectivity index (χ4n) is 2.94. The first-order valence-corrected chi connectivity index (χ1v) is 10.8. The molecule has 0 bridgehead atoms. The van der Waals surface area contributed by atoms with Crippen molar-refractivity contribution in [2.75, 3.05) is 51.0 Å². The van der Waals surface area contributed by atoms with Gasteiger partial charge in [0.25, 0.3) is 0 Å². The summed E-state index contributed by atoms with van der Waals surface area (Å²) in [5.41, 5.74) is 0. The Labute approximate surface area is 168 Å². The Morgan fingerprint density at radius 1 is 1.28 bits per heavy atom. The first-order chi connectivity index (χ1) is 11.6. The fourth-order valence-corrected chi connectivity index (χ4v) is 4.62. The summed E-state index contributed by atoms with van der Waals surface area (Å²) >= 11 is 0. The Morgan fingerprint density at radius 3 is 2.68 bits per heavy atom. The number of ether oxygens (including phenoxy) is 2. The molecule has 1 atom stereocenters. The summed E-state index contributed by atoms with van der Waals surface area (Å²) < 4.78 is 34.1. The molecule has 0 aromatic carbocycles. The fraction of sp³-hybridized carbons (Fsp3) is 0.938. The third kappa shape index (κ3) is 9.39. The summed E-state index contributed by atoms with van der Waals surface area (Å²) in [6.45, 7) is 6.65. The van der Waals surface area contributed by atoms with Crippen molar-refractivity contribution in [3.8, 4) is 0 Å². The lowest BCUT2D eigenvalue weighted by Crippen LogP contribution is -2.44. The molecule has 0 aromatic heterocycles.